The zero-order chi connectivity index (χ0) is 32.2. The number of hydrogen-bond donors (Lipinski definition) is 3. The Balaban J connectivity index is 1.09. The van der Waals surface area contributed by atoms with Gasteiger partial charge < -0.3 is 35.2 Å². The molecule has 1 atom stereocenters. The fourth-order valence-corrected chi connectivity index (χ4v) is 7.53. The predicted octanol–water partition coefficient (Wildman–Crippen LogP) is 3.51. The number of urea groups is 1. The fraction of sp³-hybridized carbons (Fsp3) is 0.571. The van der Waals surface area contributed by atoms with E-state index >= 15 is 0 Å². The first-order chi connectivity index (χ1) is 22.3. The van der Waals surface area contributed by atoms with E-state index in [1.165, 1.54) is 0 Å². The van der Waals surface area contributed by atoms with Crippen molar-refractivity contribution < 1.29 is 24.2 Å². The average Bonchev–Trinajstić information content (AvgIpc) is 3.25. The molecule has 0 radical (unpaired) electrons. The minimum absolute atomic E-state index is 0.0231. The molecule has 2 aromatic carbocycles. The summed E-state index contributed by atoms with van der Waals surface area (Å²) in [7, 11) is 0. The normalized spacial score (nSPS) is 20.9. The first-order valence-electron chi connectivity index (χ1n) is 16.9. The smallest absolute Gasteiger partial charge is 0.410 e. The molecule has 0 bridgehead atoms. The number of hydrogen-bond acceptors (Lipinski definition) is 7. The van der Waals surface area contributed by atoms with E-state index in [2.05, 4.69) is 15.5 Å². The maximum absolute atomic E-state index is 14.0. The van der Waals surface area contributed by atoms with Gasteiger partial charge in [0.05, 0.1) is 0 Å². The zero-order valence-corrected chi connectivity index (χ0v) is 27.2. The Morgan fingerprint density at radius 1 is 0.891 bits per heavy atom. The van der Waals surface area contributed by atoms with Gasteiger partial charge in [-0.1, -0.05) is 30.3 Å². The number of phenols is 1. The highest BCUT2D eigenvalue weighted by Gasteiger charge is 2.36. The molecule has 4 aliphatic rings. The molecule has 0 unspecified atom stereocenters. The summed E-state index contributed by atoms with van der Waals surface area (Å²) in [5.74, 6) is 0.0693. The van der Waals surface area contributed by atoms with Crippen LogP contribution in [0, 0.1) is 13.8 Å². The molecule has 4 amide bonds. The van der Waals surface area contributed by atoms with Gasteiger partial charge in [-0.3, -0.25) is 9.69 Å². The number of nitrogens with zero attached hydrogens (tertiary/aromatic N) is 4. The number of carbonyl (C=O) groups is 3. The van der Waals surface area contributed by atoms with E-state index in [-0.39, 0.29) is 30.2 Å². The average molecular weight is 633 g/mol. The van der Waals surface area contributed by atoms with Gasteiger partial charge in [0.15, 0.2) is 6.10 Å². The van der Waals surface area contributed by atoms with Crippen LogP contribution >= 0.6 is 0 Å². The first kappa shape index (κ1) is 32.1. The van der Waals surface area contributed by atoms with Crippen molar-refractivity contribution in [2.75, 3.05) is 64.2 Å². The van der Waals surface area contributed by atoms with Crippen LogP contribution in [0.25, 0.3) is 0 Å². The molecule has 4 aliphatic heterocycles. The molecule has 4 heterocycles. The molecule has 6 rings (SSSR count). The summed E-state index contributed by atoms with van der Waals surface area (Å²) < 4.78 is 6.04. The number of aryl methyl sites for hydroxylation is 2. The van der Waals surface area contributed by atoms with Crippen molar-refractivity contribution in [3.63, 3.8) is 0 Å². The number of anilines is 1. The summed E-state index contributed by atoms with van der Waals surface area (Å²) in [4.78, 5) is 48.5. The second-order valence-electron chi connectivity index (χ2n) is 13.2. The number of piperazine rings is 1. The van der Waals surface area contributed by atoms with Gasteiger partial charge in [0.1, 0.15) is 5.75 Å². The molecule has 11 heteroatoms. The van der Waals surface area contributed by atoms with Gasteiger partial charge >= 0.3 is 12.1 Å². The van der Waals surface area contributed by atoms with Gasteiger partial charge in [-0.05, 0) is 87.4 Å². The number of phenolic OH excluding ortho intramolecular Hbond substituents is 1. The van der Waals surface area contributed by atoms with Crippen molar-refractivity contribution in [3.8, 4) is 5.75 Å². The molecule has 248 valence electrons. The summed E-state index contributed by atoms with van der Waals surface area (Å²) in [5, 5.41) is 16.8. The van der Waals surface area contributed by atoms with Crippen LogP contribution in [0.1, 0.15) is 47.9 Å². The van der Waals surface area contributed by atoms with E-state index in [1.54, 1.807) is 4.90 Å². The molecule has 3 N–H and O–H groups in total. The third kappa shape index (κ3) is 7.25. The van der Waals surface area contributed by atoms with Gasteiger partial charge in [-0.2, -0.15) is 0 Å². The van der Waals surface area contributed by atoms with Gasteiger partial charge in [-0.15, -0.1) is 0 Å². The maximum Gasteiger partial charge on any atom is 0.410 e. The molecule has 46 heavy (non-hydrogen) atoms. The third-order valence-corrected chi connectivity index (χ3v) is 10.2. The largest absolute Gasteiger partial charge is 0.507 e. The van der Waals surface area contributed by atoms with E-state index in [1.807, 2.05) is 60.0 Å². The van der Waals surface area contributed by atoms with Crippen LogP contribution in [0.2, 0.25) is 0 Å². The highest BCUT2D eigenvalue weighted by Crippen LogP contribution is 2.27. The number of para-hydroxylation sites is 1. The molecule has 2 aromatic rings. The van der Waals surface area contributed by atoms with Crippen molar-refractivity contribution in [1.82, 2.24) is 24.9 Å². The molecule has 11 nitrogen and oxygen atoms in total. The van der Waals surface area contributed by atoms with E-state index in [0.717, 1.165) is 73.4 Å². The Hall–Kier alpha value is -3.83. The number of fused-ring (bicyclic) bond motifs is 1. The number of amides is 4. The number of nitrogens with one attached hydrogen (secondary N) is 2. The van der Waals surface area contributed by atoms with Crippen LogP contribution in [0.4, 0.5) is 15.3 Å². The Labute approximate surface area is 271 Å². The van der Waals surface area contributed by atoms with Gasteiger partial charge in [0.25, 0.3) is 5.91 Å². The van der Waals surface area contributed by atoms with E-state index in [4.69, 9.17) is 4.74 Å². The minimum atomic E-state index is -0.964. The van der Waals surface area contributed by atoms with Crippen molar-refractivity contribution >= 4 is 23.7 Å². The fourth-order valence-electron chi connectivity index (χ4n) is 7.53. The van der Waals surface area contributed by atoms with Crippen molar-refractivity contribution in [2.45, 2.75) is 70.6 Å². The van der Waals surface area contributed by atoms with E-state index in [9.17, 15) is 19.5 Å². The molecular formula is C35H48N6O5. The Bertz CT molecular complexity index is 1390. The summed E-state index contributed by atoms with van der Waals surface area (Å²) in [6, 6.07) is 12.1. The van der Waals surface area contributed by atoms with Crippen LogP contribution in [0.5, 0.6) is 5.75 Å². The Morgan fingerprint density at radius 3 is 2.26 bits per heavy atom. The minimum Gasteiger partial charge on any atom is -0.507 e. The quantitative estimate of drug-likeness (QED) is 0.446. The monoisotopic (exact) mass is 632 g/mol. The number of carbonyl (C=O) groups excluding carboxylic acids is 3. The van der Waals surface area contributed by atoms with Crippen LogP contribution in [-0.2, 0) is 22.4 Å². The highest BCUT2D eigenvalue weighted by atomic mass is 16.6. The van der Waals surface area contributed by atoms with Gasteiger partial charge in [0, 0.05) is 70.0 Å². The van der Waals surface area contributed by atoms with Crippen molar-refractivity contribution in [2.24, 2.45) is 0 Å². The molecule has 3 saturated heterocycles. The van der Waals surface area contributed by atoms with Gasteiger partial charge in [-0.25, -0.2) is 9.59 Å². The molecule has 0 saturated carbocycles. The summed E-state index contributed by atoms with van der Waals surface area (Å²) in [5.41, 5.74) is 4.29. The summed E-state index contributed by atoms with van der Waals surface area (Å²) in [6.07, 6.45) is 3.11. The van der Waals surface area contributed by atoms with Crippen molar-refractivity contribution in [1.29, 1.82) is 0 Å². The lowest BCUT2D eigenvalue weighted by Crippen LogP contribution is -2.56. The molecule has 0 aliphatic carbocycles. The second-order valence-corrected chi connectivity index (χ2v) is 13.2. The highest BCUT2D eigenvalue weighted by molar-refractivity contribution is 5.91. The topological polar surface area (TPSA) is 118 Å². The number of aromatic hydroxyl groups is 1. The molecule has 0 spiro atoms. The Morgan fingerprint density at radius 2 is 1.57 bits per heavy atom. The number of piperidine rings is 2. The van der Waals surface area contributed by atoms with E-state index < -0.39 is 12.2 Å². The first-order valence-corrected chi connectivity index (χ1v) is 16.9. The molecule has 3 fully saturated rings. The number of likely N-dealkylation sites (tertiary alicyclic amines) is 1. The molecule has 0 aromatic heterocycles. The van der Waals surface area contributed by atoms with Crippen LogP contribution < -0.4 is 10.6 Å². The predicted molar refractivity (Wildman–Crippen MR) is 176 cm³/mol. The number of ether oxygens (including phenoxy) is 1. The number of benzene rings is 2. The van der Waals surface area contributed by atoms with Gasteiger partial charge in [0.2, 0.25) is 0 Å². The summed E-state index contributed by atoms with van der Waals surface area (Å²) >= 11 is 0. The lowest BCUT2D eigenvalue weighted by Gasteiger charge is -2.41. The maximum atomic E-state index is 14.0. The Kier molecular flexibility index (Phi) is 9.98. The lowest BCUT2D eigenvalue weighted by atomic mass is 10.00. The van der Waals surface area contributed by atoms with Crippen LogP contribution in [0.3, 0.4) is 0 Å². The SMILES string of the molecule is Cc1cc(C[C@@H](OC(=O)N2CCC(N3CCc4ccccc4NC3=O)CC2)C(=O)N2CCN(C3CCNCC3)CC2)cc(C)c1O. The second kappa shape index (κ2) is 14.3. The summed E-state index contributed by atoms with van der Waals surface area (Å²) in [6.45, 7) is 10.1. The standard InChI is InChI=1S/C35H48N6O5/c1-24-21-26(22-25(2)32(24)42)23-31(33(43)39-19-17-38(18-20-39)28-7-12-36-13-8-28)46-35(45)40-14-10-29(11-15-40)41-16-9-27-5-3-4-6-30(27)37-34(41)44/h3-6,21-22,28-29,31,36,42H,7-20,23H2,1-2H3,(H,37,44)/t31-/m1/s1. The lowest BCUT2D eigenvalue weighted by molar-refractivity contribution is -0.143. The third-order valence-electron chi connectivity index (χ3n) is 10.2. The van der Waals surface area contributed by atoms with E-state index in [0.29, 0.717) is 51.6 Å². The molecular weight excluding hydrogens is 584 g/mol. The zero-order valence-electron chi connectivity index (χ0n) is 27.2. The van der Waals surface area contributed by atoms with Crippen LogP contribution in [-0.4, -0.2) is 120 Å². The number of rotatable bonds is 6. The van der Waals surface area contributed by atoms with Crippen LogP contribution in [0.15, 0.2) is 36.4 Å². The van der Waals surface area contributed by atoms with Crippen molar-refractivity contribution in [3.05, 3.63) is 58.7 Å².